The Morgan fingerprint density at radius 3 is 0.897 bits per heavy atom. The lowest BCUT2D eigenvalue weighted by molar-refractivity contribution is 0.660. The molecule has 4 aliphatic rings. The van der Waals surface area contributed by atoms with Crippen LogP contribution in [0.5, 0.6) is 0 Å². The summed E-state index contributed by atoms with van der Waals surface area (Å²) in [6.45, 7) is 9.42. The van der Waals surface area contributed by atoms with Gasteiger partial charge in [0.25, 0.3) is 0 Å². The molecule has 0 spiro atoms. The molecule has 0 aliphatic heterocycles. The number of hydrogen-bond donors (Lipinski definition) is 0. The van der Waals surface area contributed by atoms with E-state index in [1.54, 1.807) is 0 Å². The van der Waals surface area contributed by atoms with Crippen LogP contribution in [0.15, 0.2) is 272 Å². The second kappa shape index (κ2) is 17.6. The quantitative estimate of drug-likeness (QED) is 0.142. The maximum absolute atomic E-state index is 2.52. The normalized spacial score (nSPS) is 15.0. The Kier molecular flexibility index (Phi) is 10.4. The lowest BCUT2D eigenvalue weighted by atomic mass is 9.82. The number of allylic oxidation sites excluding steroid dienone is 5. The zero-order chi connectivity index (χ0) is 52.3. The molecule has 11 aromatic rings. The molecule has 0 heteroatoms. The molecule has 11 aromatic carbocycles. The highest BCUT2D eigenvalue weighted by Crippen LogP contribution is 2.63. The predicted molar refractivity (Wildman–Crippen MR) is 329 cm³/mol. The van der Waals surface area contributed by atoms with E-state index in [0.29, 0.717) is 0 Å². The summed E-state index contributed by atoms with van der Waals surface area (Å²) in [5, 5.41) is 0. The monoisotopic (exact) mass is 992 g/mol. The molecule has 15 rings (SSSR count). The molecule has 0 atom stereocenters. The minimum Gasteiger partial charge on any atom is -0.0622 e. The molecule has 0 saturated heterocycles. The van der Waals surface area contributed by atoms with E-state index in [-0.39, 0.29) is 10.8 Å². The molecule has 0 bridgehead atoms. The van der Waals surface area contributed by atoms with Crippen LogP contribution in [0.2, 0.25) is 0 Å². The first kappa shape index (κ1) is 46.0. The van der Waals surface area contributed by atoms with E-state index in [9.17, 15) is 0 Å². The molecule has 0 heterocycles. The van der Waals surface area contributed by atoms with Crippen LogP contribution in [0.4, 0.5) is 0 Å². The fourth-order valence-corrected chi connectivity index (χ4v) is 13.8. The van der Waals surface area contributed by atoms with Gasteiger partial charge in [0.15, 0.2) is 0 Å². The largest absolute Gasteiger partial charge is 0.0622 e. The summed E-state index contributed by atoms with van der Waals surface area (Å²) in [5.41, 5.74) is 35.4. The van der Waals surface area contributed by atoms with E-state index in [1.165, 1.54) is 156 Å². The number of rotatable bonds is 8. The average molecular weight is 993 g/mol. The van der Waals surface area contributed by atoms with Crippen molar-refractivity contribution < 1.29 is 0 Å². The topological polar surface area (TPSA) is 0 Å². The fraction of sp³-hybridized carbons (Fsp3) is 0.0769. The Morgan fingerprint density at radius 1 is 0.167 bits per heavy atom. The Morgan fingerprint density at radius 2 is 0.462 bits per heavy atom. The van der Waals surface area contributed by atoms with Crippen LogP contribution in [0, 0.1) is 0 Å². The second-order valence-electron chi connectivity index (χ2n) is 22.7. The SMILES string of the molecule is CC1(C)c2ccccc2-c2cc(-c3ccc(C4=C5C(=C(c6ccc(-c7ccc8c(c7)-c7ccccc7C8(C)C)cc6)c6cc(-c7ccccc7)c(-c7ccccc7)cc65)C(c5ccccc5)=C4c4ccccc4)cc3)ccc21. The van der Waals surface area contributed by atoms with Gasteiger partial charge < -0.3 is 0 Å². The van der Waals surface area contributed by atoms with Crippen molar-refractivity contribution in [2.24, 2.45) is 0 Å². The molecular weight excluding hydrogens is 937 g/mol. The highest BCUT2D eigenvalue weighted by atomic mass is 14.4. The van der Waals surface area contributed by atoms with Gasteiger partial charge >= 0.3 is 0 Å². The second-order valence-corrected chi connectivity index (χ2v) is 22.7. The van der Waals surface area contributed by atoms with Gasteiger partial charge in [-0.25, -0.2) is 0 Å². The molecule has 0 fully saturated rings. The first-order chi connectivity index (χ1) is 38.2. The summed E-state index contributed by atoms with van der Waals surface area (Å²) in [4.78, 5) is 0. The van der Waals surface area contributed by atoms with Gasteiger partial charge in [0.1, 0.15) is 0 Å². The zero-order valence-electron chi connectivity index (χ0n) is 44.4. The van der Waals surface area contributed by atoms with Crippen molar-refractivity contribution in [3.05, 3.63) is 328 Å². The first-order valence-electron chi connectivity index (χ1n) is 27.6. The van der Waals surface area contributed by atoms with Gasteiger partial charge in [0, 0.05) is 10.8 Å². The van der Waals surface area contributed by atoms with Gasteiger partial charge in [-0.05, 0) is 180 Å². The maximum Gasteiger partial charge on any atom is 0.0158 e. The van der Waals surface area contributed by atoms with Crippen molar-refractivity contribution in [3.63, 3.8) is 0 Å². The Bertz CT molecular complexity index is 4330. The summed E-state index contributed by atoms with van der Waals surface area (Å²) in [6.07, 6.45) is 0. The molecule has 0 amide bonds. The Balaban J connectivity index is 0.976. The van der Waals surface area contributed by atoms with Crippen molar-refractivity contribution in [2.45, 2.75) is 38.5 Å². The first-order valence-corrected chi connectivity index (χ1v) is 27.6. The molecule has 0 aromatic heterocycles. The molecule has 0 saturated carbocycles. The predicted octanol–water partition coefficient (Wildman–Crippen LogP) is 20.3. The van der Waals surface area contributed by atoms with Crippen molar-refractivity contribution in [1.29, 1.82) is 0 Å². The highest BCUT2D eigenvalue weighted by Gasteiger charge is 2.42. The van der Waals surface area contributed by atoms with Crippen LogP contribution in [-0.2, 0) is 10.8 Å². The van der Waals surface area contributed by atoms with E-state index in [0.717, 1.165) is 0 Å². The maximum atomic E-state index is 2.52. The van der Waals surface area contributed by atoms with E-state index in [1.807, 2.05) is 0 Å². The molecule has 78 heavy (non-hydrogen) atoms. The smallest absolute Gasteiger partial charge is 0.0158 e. The van der Waals surface area contributed by atoms with E-state index in [4.69, 9.17) is 0 Å². The van der Waals surface area contributed by atoms with Gasteiger partial charge in [0.2, 0.25) is 0 Å². The summed E-state index contributed by atoms with van der Waals surface area (Å²) >= 11 is 0. The van der Waals surface area contributed by atoms with Gasteiger partial charge in [-0.3, -0.25) is 0 Å². The third-order valence-corrected chi connectivity index (χ3v) is 17.7. The van der Waals surface area contributed by atoms with Gasteiger partial charge in [-0.15, -0.1) is 0 Å². The molecule has 368 valence electrons. The Labute approximate surface area is 458 Å². The number of fused-ring (bicyclic) bond motifs is 9. The minimum atomic E-state index is -0.0416. The summed E-state index contributed by atoms with van der Waals surface area (Å²) < 4.78 is 0. The summed E-state index contributed by atoms with van der Waals surface area (Å²) in [6, 6.07) is 100. The standard InChI is InChI=1S/C78H56/c1-77(2)67-31-19-17-29-59(67)63-45-57(41-43-69(63)77)49-33-37-55(38-34-49)71-65-47-61(51-21-9-5-10-22-51)62(52-23-11-6-12-24-52)48-66(65)75-73(72(53-25-13-7-14-26-53)74(76(71)75)54-27-15-8-16-28-54)56-39-35-50(36-40-56)58-42-44-70-64(46-58)60-30-18-20-32-68(60)78(70,3)4/h5-48H,1-4H3. The van der Waals surface area contributed by atoms with Gasteiger partial charge in [-0.1, -0.05) is 270 Å². The molecule has 0 unspecified atom stereocenters. The Hall–Kier alpha value is -9.36. The van der Waals surface area contributed by atoms with Gasteiger partial charge in [-0.2, -0.15) is 0 Å². The van der Waals surface area contributed by atoms with E-state index < -0.39 is 0 Å². The number of hydrogen-bond acceptors (Lipinski definition) is 0. The van der Waals surface area contributed by atoms with Crippen LogP contribution in [0.3, 0.4) is 0 Å². The highest BCUT2D eigenvalue weighted by molar-refractivity contribution is 6.39. The van der Waals surface area contributed by atoms with Crippen molar-refractivity contribution in [1.82, 2.24) is 0 Å². The van der Waals surface area contributed by atoms with Gasteiger partial charge in [0.05, 0.1) is 0 Å². The molecule has 0 radical (unpaired) electrons. The van der Waals surface area contributed by atoms with Crippen LogP contribution < -0.4 is 0 Å². The van der Waals surface area contributed by atoms with E-state index in [2.05, 4.69) is 295 Å². The zero-order valence-corrected chi connectivity index (χ0v) is 44.4. The number of benzene rings is 11. The lowest BCUT2D eigenvalue weighted by Gasteiger charge is -2.21. The van der Waals surface area contributed by atoms with Crippen molar-refractivity contribution in [3.8, 4) is 66.8 Å². The summed E-state index contributed by atoms with van der Waals surface area (Å²) in [7, 11) is 0. The fourth-order valence-electron chi connectivity index (χ4n) is 13.8. The van der Waals surface area contributed by atoms with Crippen molar-refractivity contribution in [2.75, 3.05) is 0 Å². The van der Waals surface area contributed by atoms with Crippen LogP contribution in [0.1, 0.15) is 83.3 Å². The van der Waals surface area contributed by atoms with Crippen molar-refractivity contribution >= 4 is 27.9 Å². The lowest BCUT2D eigenvalue weighted by Crippen LogP contribution is -2.14. The summed E-state index contributed by atoms with van der Waals surface area (Å²) in [5.74, 6) is 0. The molecular formula is C78H56. The molecule has 0 N–H and O–H groups in total. The molecule has 0 nitrogen and oxygen atoms in total. The van der Waals surface area contributed by atoms with Crippen LogP contribution >= 0.6 is 0 Å². The average Bonchev–Trinajstić information content (AvgIpc) is 3.74. The van der Waals surface area contributed by atoms with Crippen LogP contribution in [-0.4, -0.2) is 0 Å². The van der Waals surface area contributed by atoms with E-state index >= 15 is 0 Å². The minimum absolute atomic E-state index is 0.0414. The third kappa shape index (κ3) is 6.99. The van der Waals surface area contributed by atoms with Crippen LogP contribution in [0.25, 0.3) is 94.6 Å². The molecule has 4 aliphatic carbocycles. The third-order valence-electron chi connectivity index (χ3n) is 17.7.